The molecule has 5 heteroatoms. The van der Waals surface area contributed by atoms with Gasteiger partial charge in [0.25, 0.3) is 0 Å². The maximum Gasteiger partial charge on any atom is 0.160 e. The first-order chi connectivity index (χ1) is 5.04. The molecule has 0 bridgehead atoms. The van der Waals surface area contributed by atoms with Crippen LogP contribution in [-0.4, -0.2) is 5.11 Å². The third-order valence-corrected chi connectivity index (χ3v) is 2.09. The van der Waals surface area contributed by atoms with E-state index in [1.54, 1.807) is 0 Å². The number of benzene rings is 1. The third kappa shape index (κ3) is 1.41. The van der Waals surface area contributed by atoms with Gasteiger partial charge in [0, 0.05) is 0 Å². The summed E-state index contributed by atoms with van der Waals surface area (Å²) in [6, 6.07) is 1.25. The van der Waals surface area contributed by atoms with Crippen LogP contribution in [-0.2, 0) is 0 Å². The number of nitrogen functional groups attached to an aromatic ring is 1. The Kier molecular flexibility index (Phi) is 2.25. The van der Waals surface area contributed by atoms with E-state index in [9.17, 15) is 4.39 Å². The molecule has 0 spiro atoms. The van der Waals surface area contributed by atoms with Crippen molar-refractivity contribution in [3.8, 4) is 5.75 Å². The van der Waals surface area contributed by atoms with Crippen LogP contribution in [0.15, 0.2) is 10.5 Å². The van der Waals surface area contributed by atoms with Crippen molar-refractivity contribution in [1.82, 2.24) is 0 Å². The summed E-state index contributed by atoms with van der Waals surface area (Å²) >= 11 is 8.23. The normalized spacial score (nSPS) is 10.1. The molecule has 2 nitrogen and oxygen atoms in total. The highest BCUT2D eigenvalue weighted by molar-refractivity contribution is 9.10. The van der Waals surface area contributed by atoms with Crippen LogP contribution in [0.2, 0.25) is 5.02 Å². The van der Waals surface area contributed by atoms with Crippen molar-refractivity contribution in [1.29, 1.82) is 0 Å². The van der Waals surface area contributed by atoms with Crippen molar-refractivity contribution in [3.05, 3.63) is 21.4 Å². The summed E-state index contributed by atoms with van der Waals surface area (Å²) in [6.45, 7) is 0. The fourth-order valence-electron chi connectivity index (χ4n) is 0.604. The summed E-state index contributed by atoms with van der Waals surface area (Å²) < 4.78 is 12.9. The minimum absolute atomic E-state index is 0.0447. The zero-order chi connectivity index (χ0) is 8.59. The Morgan fingerprint density at radius 2 is 2.18 bits per heavy atom. The molecule has 0 aliphatic heterocycles. The molecule has 0 aliphatic rings. The molecule has 60 valence electrons. The average molecular weight is 240 g/mol. The standard InChI is InChI=1S/C6H4BrClFNO/c7-2-1-3(10)6(11)4(8)5(2)9/h1,11H,10H2. The second kappa shape index (κ2) is 2.87. The summed E-state index contributed by atoms with van der Waals surface area (Å²) in [4.78, 5) is 0. The second-order valence-corrected chi connectivity index (χ2v) is 3.16. The number of hydrogen-bond donors (Lipinski definition) is 2. The van der Waals surface area contributed by atoms with Gasteiger partial charge in [-0.2, -0.15) is 0 Å². The lowest BCUT2D eigenvalue weighted by molar-refractivity contribution is 0.471. The van der Waals surface area contributed by atoms with Gasteiger partial charge in [-0.15, -0.1) is 0 Å². The Hall–Kier alpha value is -0.480. The van der Waals surface area contributed by atoms with E-state index in [0.717, 1.165) is 0 Å². The Bertz CT molecular complexity index is 279. The first-order valence-corrected chi connectivity index (χ1v) is 3.83. The Labute approximate surface area is 75.9 Å². The van der Waals surface area contributed by atoms with Gasteiger partial charge in [-0.25, -0.2) is 4.39 Å². The number of phenols is 1. The Balaban J connectivity index is 3.46. The minimum Gasteiger partial charge on any atom is -0.504 e. The lowest BCUT2D eigenvalue weighted by atomic mass is 10.3. The molecule has 0 heterocycles. The van der Waals surface area contributed by atoms with Gasteiger partial charge in [-0.05, 0) is 22.0 Å². The van der Waals surface area contributed by atoms with Gasteiger partial charge in [-0.1, -0.05) is 11.6 Å². The molecule has 0 radical (unpaired) electrons. The van der Waals surface area contributed by atoms with E-state index < -0.39 is 11.6 Å². The monoisotopic (exact) mass is 239 g/mol. The number of halogens is 3. The molecule has 0 unspecified atom stereocenters. The topological polar surface area (TPSA) is 46.2 Å². The van der Waals surface area contributed by atoms with Gasteiger partial charge in [0.2, 0.25) is 0 Å². The molecule has 11 heavy (non-hydrogen) atoms. The van der Waals surface area contributed by atoms with E-state index in [4.69, 9.17) is 22.4 Å². The van der Waals surface area contributed by atoms with E-state index in [-0.39, 0.29) is 15.2 Å². The van der Waals surface area contributed by atoms with Crippen LogP contribution in [0, 0.1) is 5.82 Å². The van der Waals surface area contributed by atoms with Crippen molar-refractivity contribution in [2.24, 2.45) is 0 Å². The maximum atomic E-state index is 12.8. The highest BCUT2D eigenvalue weighted by Gasteiger charge is 2.12. The Morgan fingerprint density at radius 1 is 1.64 bits per heavy atom. The van der Waals surface area contributed by atoms with E-state index in [1.165, 1.54) is 6.07 Å². The third-order valence-electron chi connectivity index (χ3n) is 1.17. The van der Waals surface area contributed by atoms with Crippen molar-refractivity contribution in [2.75, 3.05) is 5.73 Å². The molecule has 0 saturated carbocycles. The first-order valence-electron chi connectivity index (χ1n) is 2.66. The molecule has 1 rings (SSSR count). The van der Waals surface area contributed by atoms with Crippen LogP contribution in [0.5, 0.6) is 5.75 Å². The highest BCUT2D eigenvalue weighted by Crippen LogP contribution is 2.36. The molecule has 1 aromatic carbocycles. The first kappa shape index (κ1) is 8.62. The molecule has 0 saturated heterocycles. The van der Waals surface area contributed by atoms with Crippen LogP contribution in [0.4, 0.5) is 10.1 Å². The molecule has 0 aromatic heterocycles. The smallest absolute Gasteiger partial charge is 0.160 e. The molecule has 0 fully saturated rings. The summed E-state index contributed by atoms with van der Waals surface area (Å²) in [6.07, 6.45) is 0. The Morgan fingerprint density at radius 3 is 2.73 bits per heavy atom. The molecule has 3 N–H and O–H groups in total. The number of hydrogen-bond acceptors (Lipinski definition) is 2. The number of aromatic hydroxyl groups is 1. The van der Waals surface area contributed by atoms with Crippen LogP contribution < -0.4 is 5.73 Å². The van der Waals surface area contributed by atoms with Gasteiger partial charge in [0.05, 0.1) is 10.2 Å². The second-order valence-electron chi connectivity index (χ2n) is 1.92. The van der Waals surface area contributed by atoms with Gasteiger partial charge in [0.1, 0.15) is 5.02 Å². The van der Waals surface area contributed by atoms with Gasteiger partial charge in [0.15, 0.2) is 11.6 Å². The van der Waals surface area contributed by atoms with Gasteiger partial charge in [-0.3, -0.25) is 0 Å². The molecule has 1 aromatic rings. The molecule has 0 aliphatic carbocycles. The predicted octanol–water partition coefficient (Wildman–Crippen LogP) is 2.53. The van der Waals surface area contributed by atoms with Crippen molar-refractivity contribution >= 4 is 33.2 Å². The number of rotatable bonds is 0. The number of anilines is 1. The number of nitrogens with two attached hydrogens (primary N) is 1. The van der Waals surface area contributed by atoms with Gasteiger partial charge < -0.3 is 10.8 Å². The van der Waals surface area contributed by atoms with Crippen molar-refractivity contribution < 1.29 is 9.50 Å². The molecular weight excluding hydrogens is 236 g/mol. The number of phenolic OH excluding ortho intramolecular Hbond substituents is 1. The summed E-state index contributed by atoms with van der Waals surface area (Å²) in [5, 5.41) is 8.63. The molecule has 0 amide bonds. The van der Waals surface area contributed by atoms with Crippen LogP contribution in [0.1, 0.15) is 0 Å². The van der Waals surface area contributed by atoms with E-state index in [1.807, 2.05) is 0 Å². The van der Waals surface area contributed by atoms with Crippen LogP contribution in [0.25, 0.3) is 0 Å². The van der Waals surface area contributed by atoms with Gasteiger partial charge >= 0.3 is 0 Å². The van der Waals surface area contributed by atoms with Crippen molar-refractivity contribution in [2.45, 2.75) is 0 Å². The SMILES string of the molecule is Nc1cc(Br)c(F)c(Cl)c1O. The quantitative estimate of drug-likeness (QED) is 0.416. The molecular formula is C6H4BrClFNO. The maximum absolute atomic E-state index is 12.8. The van der Waals surface area contributed by atoms with Crippen LogP contribution in [0.3, 0.4) is 0 Å². The summed E-state index contributed by atoms with van der Waals surface area (Å²) in [5.41, 5.74) is 5.30. The lowest BCUT2D eigenvalue weighted by Crippen LogP contribution is -1.89. The average Bonchev–Trinajstić information content (AvgIpc) is 1.97. The minimum atomic E-state index is -0.710. The summed E-state index contributed by atoms with van der Waals surface area (Å²) in [7, 11) is 0. The molecule has 0 atom stereocenters. The summed E-state index contributed by atoms with van der Waals surface area (Å²) in [5.74, 6) is -1.13. The van der Waals surface area contributed by atoms with Crippen LogP contribution >= 0.6 is 27.5 Å². The zero-order valence-electron chi connectivity index (χ0n) is 5.24. The van der Waals surface area contributed by atoms with E-state index in [0.29, 0.717) is 0 Å². The van der Waals surface area contributed by atoms with E-state index in [2.05, 4.69) is 15.9 Å². The fraction of sp³-hybridized carbons (Fsp3) is 0. The largest absolute Gasteiger partial charge is 0.504 e. The lowest BCUT2D eigenvalue weighted by Gasteiger charge is -2.03. The van der Waals surface area contributed by atoms with E-state index >= 15 is 0 Å². The fourth-order valence-corrected chi connectivity index (χ4v) is 1.37. The van der Waals surface area contributed by atoms with Crippen molar-refractivity contribution in [3.63, 3.8) is 0 Å². The predicted molar refractivity (Wildman–Crippen MR) is 45.2 cm³/mol. The zero-order valence-corrected chi connectivity index (χ0v) is 7.58. The highest BCUT2D eigenvalue weighted by atomic mass is 79.9.